The maximum absolute atomic E-state index is 13.3. The zero-order chi connectivity index (χ0) is 18.8. The van der Waals surface area contributed by atoms with Gasteiger partial charge in [0.15, 0.2) is 0 Å². The Morgan fingerprint density at radius 3 is 2.26 bits per heavy atom. The van der Waals surface area contributed by atoms with Crippen LogP contribution in [0.25, 0.3) is 0 Å². The Hall–Kier alpha value is -3.07. The molecular weight excluding hydrogens is 332 g/mol. The fourth-order valence-electron chi connectivity index (χ4n) is 3.56. The molecule has 27 heavy (non-hydrogen) atoms. The average Bonchev–Trinajstić information content (AvgIpc) is 2.71. The number of anilines is 1. The van der Waals surface area contributed by atoms with Gasteiger partial charge in [-0.1, -0.05) is 80.6 Å². The van der Waals surface area contributed by atoms with Crippen LogP contribution in [0.2, 0.25) is 0 Å². The molecule has 0 saturated carbocycles. The van der Waals surface area contributed by atoms with E-state index in [9.17, 15) is 4.79 Å². The fraction of sp³-hybridized carbons (Fsp3) is 0.208. The quantitative estimate of drug-likeness (QED) is 0.662. The topological polar surface area (TPSA) is 32.3 Å². The van der Waals surface area contributed by atoms with Crippen LogP contribution >= 0.6 is 0 Å². The van der Waals surface area contributed by atoms with E-state index in [1.807, 2.05) is 47.4 Å². The number of hydrogen-bond donors (Lipinski definition) is 1. The highest BCUT2D eigenvalue weighted by atomic mass is 16.2. The van der Waals surface area contributed by atoms with Crippen LogP contribution in [0, 0.1) is 0 Å². The SMILES string of the molecule is CC(C)c1ccc(C2Nc3ccccc3C(=O)N2Cc2ccccc2)cc1. The van der Waals surface area contributed by atoms with Crippen molar-refractivity contribution in [1.29, 1.82) is 0 Å². The maximum Gasteiger partial charge on any atom is 0.258 e. The number of benzene rings is 3. The van der Waals surface area contributed by atoms with Crippen LogP contribution < -0.4 is 5.32 Å². The van der Waals surface area contributed by atoms with Crippen molar-refractivity contribution >= 4 is 11.6 Å². The predicted molar refractivity (Wildman–Crippen MR) is 110 cm³/mol. The van der Waals surface area contributed by atoms with E-state index >= 15 is 0 Å². The van der Waals surface area contributed by atoms with Gasteiger partial charge >= 0.3 is 0 Å². The van der Waals surface area contributed by atoms with Gasteiger partial charge < -0.3 is 10.2 Å². The van der Waals surface area contributed by atoms with E-state index in [1.165, 1.54) is 5.56 Å². The summed E-state index contributed by atoms with van der Waals surface area (Å²) in [4.78, 5) is 15.2. The Balaban J connectivity index is 1.73. The van der Waals surface area contributed by atoms with Crippen LogP contribution in [0.15, 0.2) is 78.9 Å². The molecule has 1 N–H and O–H groups in total. The summed E-state index contributed by atoms with van der Waals surface area (Å²) in [6.45, 7) is 4.95. The first-order chi connectivity index (χ1) is 13.1. The lowest BCUT2D eigenvalue weighted by molar-refractivity contribution is 0.0666. The summed E-state index contributed by atoms with van der Waals surface area (Å²) in [5, 5.41) is 3.57. The number of nitrogens with zero attached hydrogens (tertiary/aromatic N) is 1. The van der Waals surface area contributed by atoms with Gasteiger partial charge in [0.2, 0.25) is 0 Å². The van der Waals surface area contributed by atoms with Gasteiger partial charge in [-0.05, 0) is 34.7 Å². The molecule has 1 aliphatic rings. The second kappa shape index (κ2) is 7.28. The van der Waals surface area contributed by atoms with Gasteiger partial charge in [0.25, 0.3) is 5.91 Å². The van der Waals surface area contributed by atoms with E-state index in [1.54, 1.807) is 0 Å². The largest absolute Gasteiger partial charge is 0.361 e. The number of rotatable bonds is 4. The Bertz CT molecular complexity index is 932. The molecule has 4 rings (SSSR count). The molecule has 3 aromatic rings. The minimum Gasteiger partial charge on any atom is -0.361 e. The predicted octanol–water partition coefficient (Wildman–Crippen LogP) is 5.58. The molecule has 3 aromatic carbocycles. The third kappa shape index (κ3) is 3.45. The second-order valence-corrected chi connectivity index (χ2v) is 7.33. The Kier molecular flexibility index (Phi) is 4.68. The Labute approximate surface area is 160 Å². The summed E-state index contributed by atoms with van der Waals surface area (Å²) < 4.78 is 0. The molecule has 0 fully saturated rings. The lowest BCUT2D eigenvalue weighted by Crippen LogP contribution is -2.42. The molecular formula is C24H24N2O. The number of carbonyl (C=O) groups is 1. The van der Waals surface area contributed by atoms with Crippen LogP contribution in [0.3, 0.4) is 0 Å². The zero-order valence-corrected chi connectivity index (χ0v) is 15.7. The van der Waals surface area contributed by atoms with Crippen LogP contribution in [-0.4, -0.2) is 10.8 Å². The second-order valence-electron chi connectivity index (χ2n) is 7.33. The number of hydrogen-bond acceptors (Lipinski definition) is 2. The van der Waals surface area contributed by atoms with Crippen molar-refractivity contribution in [3.8, 4) is 0 Å². The van der Waals surface area contributed by atoms with Crippen LogP contribution in [0.1, 0.15) is 53.0 Å². The number of nitrogens with one attached hydrogen (secondary N) is 1. The molecule has 3 heteroatoms. The van der Waals surface area contributed by atoms with Crippen molar-refractivity contribution in [3.05, 3.63) is 101 Å². The molecule has 1 amide bonds. The maximum atomic E-state index is 13.3. The van der Waals surface area contributed by atoms with E-state index in [2.05, 4.69) is 55.6 Å². The van der Waals surface area contributed by atoms with Gasteiger partial charge in [-0.3, -0.25) is 4.79 Å². The van der Waals surface area contributed by atoms with Crippen molar-refractivity contribution < 1.29 is 4.79 Å². The number of amides is 1. The molecule has 0 saturated heterocycles. The monoisotopic (exact) mass is 356 g/mol. The van der Waals surface area contributed by atoms with E-state index in [-0.39, 0.29) is 12.1 Å². The Morgan fingerprint density at radius 1 is 0.889 bits per heavy atom. The number of carbonyl (C=O) groups excluding carboxylic acids is 1. The Morgan fingerprint density at radius 2 is 1.56 bits per heavy atom. The van der Waals surface area contributed by atoms with Gasteiger partial charge in [-0.15, -0.1) is 0 Å². The van der Waals surface area contributed by atoms with Crippen LogP contribution in [0.4, 0.5) is 5.69 Å². The lowest BCUT2D eigenvalue weighted by atomic mass is 9.98. The molecule has 0 aromatic heterocycles. The van der Waals surface area contributed by atoms with Gasteiger partial charge in [0.1, 0.15) is 6.17 Å². The molecule has 1 aliphatic heterocycles. The van der Waals surface area contributed by atoms with E-state index in [0.717, 1.165) is 22.4 Å². The molecule has 0 radical (unpaired) electrons. The standard InChI is InChI=1S/C24H24N2O/c1-17(2)19-12-14-20(15-13-19)23-25-22-11-7-6-10-21(22)24(27)26(23)16-18-8-4-3-5-9-18/h3-15,17,23,25H,16H2,1-2H3. The highest BCUT2D eigenvalue weighted by molar-refractivity contribution is 6.01. The molecule has 1 heterocycles. The molecule has 3 nitrogen and oxygen atoms in total. The minimum absolute atomic E-state index is 0.0612. The third-order valence-electron chi connectivity index (χ3n) is 5.14. The lowest BCUT2D eigenvalue weighted by Gasteiger charge is -2.38. The minimum atomic E-state index is -0.186. The van der Waals surface area contributed by atoms with Crippen molar-refractivity contribution in [2.75, 3.05) is 5.32 Å². The highest BCUT2D eigenvalue weighted by Crippen LogP contribution is 2.34. The first kappa shape index (κ1) is 17.3. The van der Waals surface area contributed by atoms with E-state index in [4.69, 9.17) is 0 Å². The molecule has 0 spiro atoms. The van der Waals surface area contributed by atoms with Gasteiger partial charge in [0, 0.05) is 12.2 Å². The van der Waals surface area contributed by atoms with Crippen molar-refractivity contribution in [1.82, 2.24) is 4.90 Å². The normalized spacial score (nSPS) is 16.2. The van der Waals surface area contributed by atoms with E-state index in [0.29, 0.717) is 12.5 Å². The molecule has 1 unspecified atom stereocenters. The molecule has 1 atom stereocenters. The average molecular weight is 356 g/mol. The number of para-hydroxylation sites is 1. The summed E-state index contributed by atoms with van der Waals surface area (Å²) in [5.41, 5.74) is 5.14. The summed E-state index contributed by atoms with van der Waals surface area (Å²) in [7, 11) is 0. The molecule has 136 valence electrons. The van der Waals surface area contributed by atoms with Crippen molar-refractivity contribution in [2.24, 2.45) is 0 Å². The fourth-order valence-corrected chi connectivity index (χ4v) is 3.56. The van der Waals surface area contributed by atoms with Crippen LogP contribution in [-0.2, 0) is 6.54 Å². The van der Waals surface area contributed by atoms with Gasteiger partial charge in [0.05, 0.1) is 5.56 Å². The summed E-state index contributed by atoms with van der Waals surface area (Å²) >= 11 is 0. The summed E-state index contributed by atoms with van der Waals surface area (Å²) in [5.74, 6) is 0.548. The summed E-state index contributed by atoms with van der Waals surface area (Å²) in [6, 6.07) is 26.5. The van der Waals surface area contributed by atoms with Crippen molar-refractivity contribution in [2.45, 2.75) is 32.5 Å². The van der Waals surface area contributed by atoms with Gasteiger partial charge in [-0.2, -0.15) is 0 Å². The van der Waals surface area contributed by atoms with Gasteiger partial charge in [-0.25, -0.2) is 0 Å². The summed E-state index contributed by atoms with van der Waals surface area (Å²) in [6.07, 6.45) is -0.186. The van der Waals surface area contributed by atoms with Crippen LogP contribution in [0.5, 0.6) is 0 Å². The third-order valence-corrected chi connectivity index (χ3v) is 5.14. The first-order valence-corrected chi connectivity index (χ1v) is 9.44. The zero-order valence-electron chi connectivity index (χ0n) is 15.7. The van der Waals surface area contributed by atoms with E-state index < -0.39 is 0 Å². The number of fused-ring (bicyclic) bond motifs is 1. The first-order valence-electron chi connectivity index (χ1n) is 9.44. The molecule has 0 bridgehead atoms. The highest BCUT2D eigenvalue weighted by Gasteiger charge is 2.32. The smallest absolute Gasteiger partial charge is 0.258 e. The van der Waals surface area contributed by atoms with Crippen molar-refractivity contribution in [3.63, 3.8) is 0 Å². The molecule has 0 aliphatic carbocycles.